The number of carbonyl (C=O) groups is 1. The summed E-state index contributed by atoms with van der Waals surface area (Å²) in [7, 11) is 0. The van der Waals surface area contributed by atoms with Gasteiger partial charge in [0, 0.05) is 29.7 Å². The summed E-state index contributed by atoms with van der Waals surface area (Å²) >= 11 is 7.30. The Kier molecular flexibility index (Phi) is 5.61. The molecule has 3 rings (SSSR count). The molecule has 9 heteroatoms. The number of benzene rings is 2. The first-order valence-electron chi connectivity index (χ1n) is 7.63. The SMILES string of the molecule is O=C(c1ccccc1I)N1CCN(c2c(F)c(F)c(Cl)c(F)c2F)CC1. The fourth-order valence-electron chi connectivity index (χ4n) is 2.81. The van der Waals surface area contributed by atoms with Crippen molar-refractivity contribution in [2.45, 2.75) is 0 Å². The van der Waals surface area contributed by atoms with Gasteiger partial charge in [-0.05, 0) is 34.7 Å². The van der Waals surface area contributed by atoms with Gasteiger partial charge in [0.15, 0.2) is 23.3 Å². The minimum absolute atomic E-state index is 0.0313. The normalized spacial score (nSPS) is 14.7. The first-order chi connectivity index (χ1) is 12.3. The molecule has 0 N–H and O–H groups in total. The van der Waals surface area contributed by atoms with Gasteiger partial charge in [0.25, 0.3) is 5.91 Å². The molecule has 0 aromatic heterocycles. The van der Waals surface area contributed by atoms with Gasteiger partial charge in [0.1, 0.15) is 10.7 Å². The standard InChI is InChI=1S/C17H12ClF4IN2O/c18-11-12(19)14(21)16(15(22)13(11)20)24-5-7-25(8-6-24)17(26)9-3-1-2-4-10(9)23/h1-4H,5-8H2. The van der Waals surface area contributed by atoms with Crippen molar-refractivity contribution in [3.05, 3.63) is 61.7 Å². The predicted octanol–water partition coefficient (Wildman–Crippen LogP) is 4.46. The highest BCUT2D eigenvalue weighted by Crippen LogP contribution is 2.34. The fourth-order valence-corrected chi connectivity index (χ4v) is 3.59. The molecule has 0 spiro atoms. The van der Waals surface area contributed by atoms with Gasteiger partial charge in [-0.3, -0.25) is 4.79 Å². The lowest BCUT2D eigenvalue weighted by Gasteiger charge is -2.36. The van der Waals surface area contributed by atoms with Gasteiger partial charge in [-0.15, -0.1) is 0 Å². The number of rotatable bonds is 2. The van der Waals surface area contributed by atoms with E-state index in [4.69, 9.17) is 11.6 Å². The molecule has 3 nitrogen and oxygen atoms in total. The molecular formula is C17H12ClF4IN2O. The summed E-state index contributed by atoms with van der Waals surface area (Å²) in [6.07, 6.45) is 0. The molecule has 1 aliphatic heterocycles. The van der Waals surface area contributed by atoms with Crippen molar-refractivity contribution < 1.29 is 22.4 Å². The van der Waals surface area contributed by atoms with Crippen molar-refractivity contribution in [3.8, 4) is 0 Å². The van der Waals surface area contributed by atoms with Crippen LogP contribution in [0.1, 0.15) is 10.4 Å². The minimum atomic E-state index is -1.63. The van der Waals surface area contributed by atoms with Gasteiger partial charge in [-0.1, -0.05) is 23.7 Å². The first kappa shape index (κ1) is 19.2. The molecule has 26 heavy (non-hydrogen) atoms. The van der Waals surface area contributed by atoms with Crippen LogP contribution in [0.2, 0.25) is 5.02 Å². The van der Waals surface area contributed by atoms with Gasteiger partial charge in [0.2, 0.25) is 0 Å². The van der Waals surface area contributed by atoms with Crippen LogP contribution in [0.3, 0.4) is 0 Å². The Morgan fingerprint density at radius 1 is 0.923 bits per heavy atom. The average molecular weight is 499 g/mol. The molecule has 0 saturated carbocycles. The molecule has 1 saturated heterocycles. The van der Waals surface area contributed by atoms with Crippen molar-refractivity contribution >= 4 is 45.8 Å². The largest absolute Gasteiger partial charge is 0.363 e. The summed E-state index contributed by atoms with van der Waals surface area (Å²) < 4.78 is 56.2. The summed E-state index contributed by atoms with van der Waals surface area (Å²) in [5, 5.41) is -1.21. The molecule has 1 aliphatic rings. The second-order valence-electron chi connectivity index (χ2n) is 5.68. The van der Waals surface area contributed by atoms with E-state index in [9.17, 15) is 22.4 Å². The maximum absolute atomic E-state index is 14.1. The van der Waals surface area contributed by atoms with Crippen LogP contribution < -0.4 is 4.90 Å². The summed E-state index contributed by atoms with van der Waals surface area (Å²) in [6.45, 7) is 0.385. The number of halogens is 6. The topological polar surface area (TPSA) is 23.6 Å². The number of nitrogens with zero attached hydrogens (tertiary/aromatic N) is 2. The van der Waals surface area contributed by atoms with Crippen molar-refractivity contribution in [2.24, 2.45) is 0 Å². The Morgan fingerprint density at radius 3 is 2.00 bits per heavy atom. The predicted molar refractivity (Wildman–Crippen MR) is 98.6 cm³/mol. The summed E-state index contributed by atoms with van der Waals surface area (Å²) in [5.41, 5.74) is -0.270. The smallest absolute Gasteiger partial charge is 0.255 e. The Hall–Kier alpha value is -1.55. The first-order valence-corrected chi connectivity index (χ1v) is 9.08. The van der Waals surface area contributed by atoms with Crippen molar-refractivity contribution in [1.82, 2.24) is 4.90 Å². The molecule has 1 heterocycles. The van der Waals surface area contributed by atoms with E-state index in [0.717, 1.165) is 3.57 Å². The highest BCUT2D eigenvalue weighted by molar-refractivity contribution is 14.1. The highest BCUT2D eigenvalue weighted by atomic mass is 127. The molecule has 0 radical (unpaired) electrons. The number of anilines is 1. The Labute approximate surface area is 165 Å². The lowest BCUT2D eigenvalue weighted by molar-refractivity contribution is 0.0745. The van der Waals surface area contributed by atoms with Crippen LogP contribution in [0.5, 0.6) is 0 Å². The van der Waals surface area contributed by atoms with Crippen LogP contribution in [0, 0.1) is 26.8 Å². The van der Waals surface area contributed by atoms with Gasteiger partial charge in [-0.2, -0.15) is 0 Å². The summed E-state index contributed by atoms with van der Waals surface area (Å²) in [4.78, 5) is 15.3. The van der Waals surface area contributed by atoms with Gasteiger partial charge >= 0.3 is 0 Å². The zero-order chi connectivity index (χ0) is 19.0. The van der Waals surface area contributed by atoms with Crippen LogP contribution in [0.4, 0.5) is 23.2 Å². The maximum Gasteiger partial charge on any atom is 0.255 e. The third kappa shape index (κ3) is 3.36. The molecule has 0 unspecified atom stereocenters. The van der Waals surface area contributed by atoms with Crippen molar-refractivity contribution in [1.29, 1.82) is 0 Å². The van der Waals surface area contributed by atoms with E-state index in [2.05, 4.69) is 22.6 Å². The van der Waals surface area contributed by atoms with Crippen LogP contribution >= 0.6 is 34.2 Å². The van der Waals surface area contributed by atoms with E-state index < -0.39 is 34.0 Å². The molecule has 138 valence electrons. The lowest BCUT2D eigenvalue weighted by Crippen LogP contribution is -2.49. The molecule has 2 aromatic carbocycles. The number of carbonyl (C=O) groups excluding carboxylic acids is 1. The highest BCUT2D eigenvalue weighted by Gasteiger charge is 2.31. The Bertz CT molecular complexity index is 843. The van der Waals surface area contributed by atoms with E-state index in [1.165, 1.54) is 9.80 Å². The zero-order valence-electron chi connectivity index (χ0n) is 13.2. The van der Waals surface area contributed by atoms with Crippen LogP contribution in [0.15, 0.2) is 24.3 Å². The number of piperazine rings is 1. The molecule has 0 aliphatic carbocycles. The molecule has 2 aromatic rings. The van der Waals surface area contributed by atoms with Crippen LogP contribution in [0.25, 0.3) is 0 Å². The summed E-state index contributed by atoms with van der Waals surface area (Å²) in [5.74, 6) is -6.53. The van der Waals surface area contributed by atoms with Crippen molar-refractivity contribution in [3.63, 3.8) is 0 Å². The number of hydrogen-bond acceptors (Lipinski definition) is 2. The molecule has 1 amide bonds. The van der Waals surface area contributed by atoms with Gasteiger partial charge < -0.3 is 9.80 Å². The average Bonchev–Trinajstić information content (AvgIpc) is 2.65. The fraction of sp³-hybridized carbons (Fsp3) is 0.235. The second kappa shape index (κ2) is 7.59. The number of amides is 1. The lowest BCUT2D eigenvalue weighted by atomic mass is 10.1. The van der Waals surface area contributed by atoms with Crippen LogP contribution in [-0.4, -0.2) is 37.0 Å². The van der Waals surface area contributed by atoms with Gasteiger partial charge in [0.05, 0.1) is 5.56 Å². The third-order valence-electron chi connectivity index (χ3n) is 4.17. The Balaban J connectivity index is 1.80. The second-order valence-corrected chi connectivity index (χ2v) is 7.22. The molecular weight excluding hydrogens is 487 g/mol. The maximum atomic E-state index is 14.1. The van der Waals surface area contributed by atoms with E-state index in [1.54, 1.807) is 18.2 Å². The van der Waals surface area contributed by atoms with Gasteiger partial charge in [-0.25, -0.2) is 17.6 Å². The summed E-state index contributed by atoms with van der Waals surface area (Å²) in [6, 6.07) is 7.05. The van der Waals surface area contributed by atoms with E-state index in [-0.39, 0.29) is 32.1 Å². The third-order valence-corrected chi connectivity index (χ3v) is 5.45. The van der Waals surface area contributed by atoms with Crippen molar-refractivity contribution in [2.75, 3.05) is 31.1 Å². The molecule has 0 atom stereocenters. The minimum Gasteiger partial charge on any atom is -0.363 e. The quantitative estimate of drug-likeness (QED) is 0.264. The zero-order valence-corrected chi connectivity index (χ0v) is 16.1. The monoisotopic (exact) mass is 498 g/mol. The Morgan fingerprint density at radius 2 is 1.46 bits per heavy atom. The van der Waals surface area contributed by atoms with Crippen LogP contribution in [-0.2, 0) is 0 Å². The van der Waals surface area contributed by atoms with E-state index in [1.807, 2.05) is 6.07 Å². The molecule has 1 fully saturated rings. The van der Waals surface area contributed by atoms with E-state index >= 15 is 0 Å². The van der Waals surface area contributed by atoms with E-state index in [0.29, 0.717) is 5.56 Å². The molecule has 0 bridgehead atoms. The number of hydrogen-bond donors (Lipinski definition) is 0.